The van der Waals surface area contributed by atoms with E-state index in [9.17, 15) is 9.59 Å². The second-order valence-corrected chi connectivity index (χ2v) is 7.01. The van der Waals surface area contributed by atoms with Crippen LogP contribution in [0, 0.1) is 0 Å². The highest BCUT2D eigenvalue weighted by molar-refractivity contribution is 5.89. The van der Waals surface area contributed by atoms with E-state index in [2.05, 4.69) is 12.2 Å². The summed E-state index contributed by atoms with van der Waals surface area (Å²) in [4.78, 5) is 24.3. The Balaban J connectivity index is 1.55. The van der Waals surface area contributed by atoms with Crippen LogP contribution in [0.4, 0.5) is 0 Å². The Morgan fingerprint density at radius 1 is 1.16 bits per heavy atom. The number of rotatable bonds is 9. The van der Waals surface area contributed by atoms with Gasteiger partial charge in [-0.1, -0.05) is 43.7 Å². The summed E-state index contributed by atoms with van der Waals surface area (Å²) in [6, 6.07) is 13.1. The molecule has 0 unspecified atom stereocenters. The van der Waals surface area contributed by atoms with Crippen LogP contribution in [0.1, 0.15) is 36.9 Å². The van der Waals surface area contributed by atoms with Crippen LogP contribution in [0.5, 0.6) is 17.2 Å². The maximum atomic E-state index is 12.3. The Morgan fingerprint density at radius 2 is 1.94 bits per heavy atom. The van der Waals surface area contributed by atoms with Gasteiger partial charge in [0, 0.05) is 6.08 Å². The molecule has 1 aliphatic heterocycles. The normalized spacial score (nSPS) is 13.5. The first kappa shape index (κ1) is 22.2. The minimum absolute atomic E-state index is 0.113. The number of hydrogen-bond donors (Lipinski definition) is 1. The van der Waals surface area contributed by atoms with Crippen molar-refractivity contribution >= 4 is 18.0 Å². The monoisotopic (exact) mass is 425 g/mol. The van der Waals surface area contributed by atoms with Crippen molar-refractivity contribution in [2.45, 2.75) is 25.8 Å². The van der Waals surface area contributed by atoms with E-state index in [0.717, 1.165) is 18.4 Å². The van der Waals surface area contributed by atoms with E-state index in [-0.39, 0.29) is 18.6 Å². The third-order valence-corrected chi connectivity index (χ3v) is 4.72. The van der Waals surface area contributed by atoms with Gasteiger partial charge in [-0.2, -0.15) is 0 Å². The van der Waals surface area contributed by atoms with Crippen LogP contribution in [0.25, 0.3) is 6.08 Å². The molecule has 1 amide bonds. The number of hydrogen-bond acceptors (Lipinski definition) is 6. The van der Waals surface area contributed by atoms with Crippen molar-refractivity contribution < 1.29 is 28.5 Å². The molecule has 2 aromatic rings. The molecular formula is C24H27NO6. The number of methoxy groups -OCH3 is 1. The highest BCUT2D eigenvalue weighted by Crippen LogP contribution is 2.40. The first-order valence-electron chi connectivity index (χ1n) is 10.3. The van der Waals surface area contributed by atoms with Gasteiger partial charge >= 0.3 is 5.97 Å². The first-order valence-corrected chi connectivity index (χ1v) is 10.3. The fourth-order valence-electron chi connectivity index (χ4n) is 3.27. The zero-order valence-electron chi connectivity index (χ0n) is 17.8. The lowest BCUT2D eigenvalue weighted by Gasteiger charge is -2.20. The van der Waals surface area contributed by atoms with Crippen LogP contribution in [0.3, 0.4) is 0 Å². The molecule has 0 spiro atoms. The van der Waals surface area contributed by atoms with Crippen molar-refractivity contribution in [3.05, 3.63) is 59.7 Å². The van der Waals surface area contributed by atoms with Gasteiger partial charge in [-0.15, -0.1) is 0 Å². The van der Waals surface area contributed by atoms with E-state index in [0.29, 0.717) is 36.0 Å². The Bertz CT molecular complexity index is 908. The molecule has 0 saturated heterocycles. The molecule has 1 aliphatic rings. The first-order chi connectivity index (χ1) is 15.1. The highest BCUT2D eigenvalue weighted by Gasteiger charge is 2.18. The molecule has 2 aromatic carbocycles. The summed E-state index contributed by atoms with van der Waals surface area (Å²) in [6.45, 7) is 2.61. The molecular weight excluding hydrogens is 398 g/mol. The van der Waals surface area contributed by atoms with Crippen LogP contribution in [-0.4, -0.2) is 38.8 Å². The van der Waals surface area contributed by atoms with Gasteiger partial charge in [-0.25, -0.2) is 4.79 Å². The van der Waals surface area contributed by atoms with E-state index in [4.69, 9.17) is 18.9 Å². The fraction of sp³-hybridized carbons (Fsp3) is 0.333. The molecule has 31 heavy (non-hydrogen) atoms. The van der Waals surface area contributed by atoms with Crippen molar-refractivity contribution in [3.63, 3.8) is 0 Å². The molecule has 7 heteroatoms. The van der Waals surface area contributed by atoms with Gasteiger partial charge in [0.25, 0.3) is 5.91 Å². The lowest BCUT2D eigenvalue weighted by Crippen LogP contribution is -2.32. The van der Waals surface area contributed by atoms with Crippen LogP contribution in [-0.2, 0) is 14.3 Å². The van der Waals surface area contributed by atoms with E-state index in [1.54, 1.807) is 18.2 Å². The van der Waals surface area contributed by atoms with Gasteiger partial charge in [-0.3, -0.25) is 4.79 Å². The van der Waals surface area contributed by atoms with Gasteiger partial charge < -0.3 is 24.3 Å². The third kappa shape index (κ3) is 6.25. The van der Waals surface area contributed by atoms with Crippen molar-refractivity contribution in [2.75, 3.05) is 26.9 Å². The van der Waals surface area contributed by atoms with Crippen LogP contribution in [0.2, 0.25) is 0 Å². The third-order valence-electron chi connectivity index (χ3n) is 4.72. The van der Waals surface area contributed by atoms with E-state index >= 15 is 0 Å². The number of nitrogens with one attached hydrogen (secondary N) is 1. The summed E-state index contributed by atoms with van der Waals surface area (Å²) >= 11 is 0. The maximum absolute atomic E-state index is 12.3. The molecule has 1 atom stereocenters. The molecule has 164 valence electrons. The average molecular weight is 425 g/mol. The lowest BCUT2D eigenvalue weighted by molar-refractivity contribution is -0.144. The second-order valence-electron chi connectivity index (χ2n) is 7.01. The number of fused-ring (bicyclic) bond motifs is 1. The van der Waals surface area contributed by atoms with E-state index < -0.39 is 5.97 Å². The summed E-state index contributed by atoms with van der Waals surface area (Å²) in [5.74, 6) is 0.666. The summed E-state index contributed by atoms with van der Waals surface area (Å²) in [7, 11) is 1.54. The van der Waals surface area contributed by atoms with Crippen molar-refractivity contribution in [1.29, 1.82) is 0 Å². The van der Waals surface area contributed by atoms with Crippen LogP contribution < -0.4 is 19.5 Å². The minimum Gasteiger partial charge on any atom is -0.493 e. The molecule has 0 bridgehead atoms. The maximum Gasteiger partial charge on any atom is 0.331 e. The minimum atomic E-state index is -0.615. The summed E-state index contributed by atoms with van der Waals surface area (Å²) in [6.07, 6.45) is 4.56. The van der Waals surface area contributed by atoms with E-state index in [1.807, 2.05) is 30.3 Å². The van der Waals surface area contributed by atoms with Gasteiger partial charge in [0.15, 0.2) is 18.1 Å². The van der Waals surface area contributed by atoms with Crippen molar-refractivity contribution in [2.24, 2.45) is 0 Å². The Labute approximate surface area is 181 Å². The molecule has 0 fully saturated rings. The Hall–Kier alpha value is -3.48. The zero-order chi connectivity index (χ0) is 22.1. The number of esters is 1. The van der Waals surface area contributed by atoms with E-state index in [1.165, 1.54) is 13.2 Å². The number of amides is 1. The molecule has 0 radical (unpaired) electrons. The standard InChI is InChI=1S/C24H27NO6/c1-3-7-19(18-8-5-4-6-9-18)25-22(26)16-31-23(27)11-10-17-14-20(28-2)24-21(15-17)29-12-13-30-24/h4-6,8-11,14-15,19H,3,7,12-13,16H2,1-2H3,(H,25,26)/b11-10+/t19-/m0/s1. The molecule has 1 heterocycles. The highest BCUT2D eigenvalue weighted by atomic mass is 16.6. The van der Waals surface area contributed by atoms with Gasteiger partial charge in [0.2, 0.25) is 5.75 Å². The topological polar surface area (TPSA) is 83.1 Å². The van der Waals surface area contributed by atoms with Crippen molar-refractivity contribution in [3.8, 4) is 17.2 Å². The average Bonchev–Trinajstić information content (AvgIpc) is 2.81. The zero-order valence-corrected chi connectivity index (χ0v) is 17.8. The molecule has 0 aromatic heterocycles. The Morgan fingerprint density at radius 3 is 2.68 bits per heavy atom. The fourth-order valence-corrected chi connectivity index (χ4v) is 3.27. The summed E-state index contributed by atoms with van der Waals surface area (Å²) < 4.78 is 21.5. The molecule has 0 saturated carbocycles. The van der Waals surface area contributed by atoms with Gasteiger partial charge in [0.1, 0.15) is 13.2 Å². The number of benzene rings is 2. The number of ether oxygens (including phenoxy) is 4. The summed E-state index contributed by atoms with van der Waals surface area (Å²) in [5, 5.41) is 2.93. The summed E-state index contributed by atoms with van der Waals surface area (Å²) in [5.41, 5.74) is 1.71. The largest absolute Gasteiger partial charge is 0.493 e. The molecule has 3 rings (SSSR count). The van der Waals surface area contributed by atoms with Crippen molar-refractivity contribution in [1.82, 2.24) is 5.32 Å². The van der Waals surface area contributed by atoms with Crippen LogP contribution >= 0.6 is 0 Å². The number of carbonyl (C=O) groups is 2. The second kappa shape index (κ2) is 11.1. The molecule has 0 aliphatic carbocycles. The lowest BCUT2D eigenvalue weighted by atomic mass is 10.0. The van der Waals surface area contributed by atoms with Gasteiger partial charge in [0.05, 0.1) is 13.2 Å². The molecule has 7 nitrogen and oxygen atoms in total. The van der Waals surface area contributed by atoms with Crippen LogP contribution in [0.15, 0.2) is 48.5 Å². The quantitative estimate of drug-likeness (QED) is 0.487. The SMILES string of the molecule is CCC[C@H](NC(=O)COC(=O)/C=C/c1cc(OC)c2c(c1)OCCO2)c1ccccc1. The van der Waals surface area contributed by atoms with Gasteiger partial charge in [-0.05, 0) is 35.8 Å². The smallest absolute Gasteiger partial charge is 0.331 e. The predicted molar refractivity (Wildman–Crippen MR) is 116 cm³/mol. The predicted octanol–water partition coefficient (Wildman–Crippen LogP) is 3.68. The Kier molecular flexibility index (Phi) is 7.92. The number of carbonyl (C=O) groups excluding carboxylic acids is 2. The molecule has 1 N–H and O–H groups in total.